The van der Waals surface area contributed by atoms with E-state index in [2.05, 4.69) is 0 Å². The highest BCUT2D eigenvalue weighted by Gasteiger charge is 2.84. The summed E-state index contributed by atoms with van der Waals surface area (Å²) >= 11 is 61.6. The Labute approximate surface area is 207 Å². The molecule has 0 aliphatic heterocycles. The van der Waals surface area contributed by atoms with E-state index in [0.29, 0.717) is 0 Å². The molecule has 0 aromatic carbocycles. The van der Waals surface area contributed by atoms with Crippen LogP contribution in [0.4, 0.5) is 0 Å². The van der Waals surface area contributed by atoms with Crippen molar-refractivity contribution in [3.8, 4) is 0 Å². The SMILES string of the molecule is O=[N+]([O-])C1=C(Cl)C(Cl)=C(Cl)C(Cl)C1(Cl)C1(Cl)C=CC(Cl)C(Cl)(Cl)C1(Cl)[N+](=O)[O-]. The summed E-state index contributed by atoms with van der Waals surface area (Å²) in [5, 5.41) is 18.8. The molecule has 2 aliphatic carbocycles. The second-order valence-electron chi connectivity index (χ2n) is 5.63. The van der Waals surface area contributed by atoms with Crippen molar-refractivity contribution in [3.63, 3.8) is 0 Å². The van der Waals surface area contributed by atoms with Crippen molar-refractivity contribution < 1.29 is 9.85 Å². The summed E-state index contributed by atoms with van der Waals surface area (Å²) in [6, 6.07) is 0. The van der Waals surface area contributed by atoms with E-state index in [1.807, 2.05) is 0 Å². The zero-order valence-corrected chi connectivity index (χ0v) is 20.2. The molecule has 6 nitrogen and oxygen atoms in total. The Morgan fingerprint density at radius 2 is 1.43 bits per heavy atom. The number of hydrogen-bond donors (Lipinski definition) is 0. The quantitative estimate of drug-likeness (QED) is 0.122. The first-order valence-corrected chi connectivity index (χ1v) is 10.6. The molecule has 2 rings (SSSR count). The molecular formula is C12H4Cl10N2O4. The number of hydrogen-bond acceptors (Lipinski definition) is 4. The molecule has 0 spiro atoms. The number of alkyl halides is 7. The van der Waals surface area contributed by atoms with E-state index in [1.54, 1.807) is 0 Å². The minimum Gasteiger partial charge on any atom is -0.262 e. The van der Waals surface area contributed by atoms with E-state index < -0.39 is 60.5 Å². The highest BCUT2D eigenvalue weighted by molar-refractivity contribution is 6.60. The molecule has 28 heavy (non-hydrogen) atoms. The van der Waals surface area contributed by atoms with Crippen LogP contribution in [0.2, 0.25) is 0 Å². The highest BCUT2D eigenvalue weighted by atomic mass is 35.5. The van der Waals surface area contributed by atoms with E-state index >= 15 is 0 Å². The van der Waals surface area contributed by atoms with Crippen molar-refractivity contribution in [1.29, 1.82) is 0 Å². The molecule has 0 radical (unpaired) electrons. The lowest BCUT2D eigenvalue weighted by Gasteiger charge is -2.51. The van der Waals surface area contributed by atoms with Gasteiger partial charge in [0.2, 0.25) is 4.33 Å². The van der Waals surface area contributed by atoms with E-state index in [9.17, 15) is 20.2 Å². The first-order chi connectivity index (χ1) is 12.5. The van der Waals surface area contributed by atoms with Gasteiger partial charge in [0.25, 0.3) is 5.70 Å². The summed E-state index contributed by atoms with van der Waals surface area (Å²) in [6.07, 6.45) is 1.89. The molecular weight excluding hydrogens is 591 g/mol. The van der Waals surface area contributed by atoms with Gasteiger partial charge in [0.15, 0.2) is 9.75 Å². The van der Waals surface area contributed by atoms with Crippen LogP contribution in [0.1, 0.15) is 0 Å². The van der Waals surface area contributed by atoms with Crippen LogP contribution in [0.15, 0.2) is 32.9 Å². The predicted octanol–water partition coefficient (Wildman–Crippen LogP) is 6.54. The van der Waals surface area contributed by atoms with Crippen molar-refractivity contribution in [2.75, 3.05) is 0 Å². The van der Waals surface area contributed by atoms with Gasteiger partial charge in [-0.1, -0.05) is 70.2 Å². The molecule has 156 valence electrons. The Morgan fingerprint density at radius 1 is 0.929 bits per heavy atom. The molecule has 2 aliphatic rings. The van der Waals surface area contributed by atoms with Crippen molar-refractivity contribution >= 4 is 116 Å². The van der Waals surface area contributed by atoms with Crippen LogP contribution < -0.4 is 0 Å². The molecule has 0 heterocycles. The molecule has 5 atom stereocenters. The molecule has 0 amide bonds. The Balaban J connectivity index is 3.02. The van der Waals surface area contributed by atoms with E-state index in [0.717, 1.165) is 12.2 Å². The zero-order valence-electron chi connectivity index (χ0n) is 12.6. The van der Waals surface area contributed by atoms with Gasteiger partial charge in [-0.05, 0) is 11.6 Å². The minimum atomic E-state index is -3.14. The molecule has 0 aromatic heterocycles. The fraction of sp³-hybridized carbons (Fsp3) is 0.500. The van der Waals surface area contributed by atoms with Gasteiger partial charge >= 0.3 is 5.00 Å². The smallest absolute Gasteiger partial charge is 0.262 e. The normalized spacial score (nSPS) is 40.6. The highest BCUT2D eigenvalue weighted by Crippen LogP contribution is 2.66. The standard InChI is InChI=1S/C12H4Cl10N2O4/c13-3-1-2-9(18,12(22,24(27)28)11(3,20)21)10(19)7(17)5(15)4(14)6(16)8(10)23(25)26/h1-3,7H. The zero-order chi connectivity index (χ0) is 22.0. The Kier molecular flexibility index (Phi) is 7.02. The molecule has 0 saturated carbocycles. The van der Waals surface area contributed by atoms with Gasteiger partial charge in [-0.25, -0.2) is 0 Å². The summed E-state index contributed by atoms with van der Waals surface area (Å²) in [5.74, 6) is 0. The van der Waals surface area contributed by atoms with Crippen molar-refractivity contribution in [2.45, 2.75) is 29.8 Å². The van der Waals surface area contributed by atoms with Gasteiger partial charge in [-0.3, -0.25) is 20.2 Å². The number of nitrogens with zero attached hydrogens (tertiary/aromatic N) is 2. The fourth-order valence-corrected chi connectivity index (χ4v) is 6.56. The van der Waals surface area contributed by atoms with Gasteiger partial charge in [-0.15, -0.1) is 46.4 Å². The average molecular weight is 595 g/mol. The van der Waals surface area contributed by atoms with Crippen LogP contribution in [0, 0.1) is 20.2 Å². The largest absolute Gasteiger partial charge is 0.353 e. The monoisotopic (exact) mass is 590 g/mol. The van der Waals surface area contributed by atoms with Crippen LogP contribution >= 0.6 is 116 Å². The molecule has 0 N–H and O–H groups in total. The Hall–Kier alpha value is 0.920. The number of nitro groups is 2. The van der Waals surface area contributed by atoms with Gasteiger partial charge in [-0.2, -0.15) is 0 Å². The fourth-order valence-electron chi connectivity index (χ4n) is 2.83. The maximum absolute atomic E-state index is 12.0. The number of allylic oxidation sites excluding steroid dienone is 5. The lowest BCUT2D eigenvalue weighted by atomic mass is 9.73. The third-order valence-electron chi connectivity index (χ3n) is 4.26. The first-order valence-electron chi connectivity index (χ1n) is 6.70. The van der Waals surface area contributed by atoms with Crippen LogP contribution in [0.5, 0.6) is 0 Å². The average Bonchev–Trinajstić information content (AvgIpc) is 2.59. The van der Waals surface area contributed by atoms with Crippen molar-refractivity contribution in [3.05, 3.63) is 53.2 Å². The lowest BCUT2D eigenvalue weighted by Crippen LogP contribution is -2.74. The Bertz CT molecular complexity index is 859. The maximum atomic E-state index is 12.0. The minimum absolute atomic E-state index is 0.465. The predicted molar refractivity (Wildman–Crippen MR) is 114 cm³/mol. The lowest BCUT2D eigenvalue weighted by molar-refractivity contribution is -0.552. The van der Waals surface area contributed by atoms with Crippen molar-refractivity contribution in [2.24, 2.45) is 0 Å². The summed E-state index contributed by atoms with van der Waals surface area (Å²) in [5.41, 5.74) is -1.09. The number of halogens is 10. The molecule has 0 aromatic rings. The van der Waals surface area contributed by atoms with E-state index in [-0.39, 0.29) is 0 Å². The summed E-state index contributed by atoms with van der Waals surface area (Å²) in [4.78, 5) is 12.9. The van der Waals surface area contributed by atoms with Gasteiger partial charge < -0.3 is 0 Å². The number of rotatable bonds is 3. The molecule has 16 heteroatoms. The summed E-state index contributed by atoms with van der Waals surface area (Å²) in [6.45, 7) is 0. The van der Waals surface area contributed by atoms with Crippen LogP contribution in [0.3, 0.4) is 0 Å². The second-order valence-corrected chi connectivity index (χ2v) is 10.8. The van der Waals surface area contributed by atoms with E-state index in [4.69, 9.17) is 116 Å². The molecule has 0 bridgehead atoms. The summed E-state index contributed by atoms with van der Waals surface area (Å²) < 4.78 is -2.61. The van der Waals surface area contributed by atoms with Crippen molar-refractivity contribution in [1.82, 2.24) is 0 Å². The van der Waals surface area contributed by atoms with Crippen LogP contribution in [0.25, 0.3) is 0 Å². The summed E-state index contributed by atoms with van der Waals surface area (Å²) in [7, 11) is 0. The van der Waals surface area contributed by atoms with Crippen LogP contribution in [-0.4, -0.2) is 39.7 Å². The molecule has 0 fully saturated rings. The van der Waals surface area contributed by atoms with Gasteiger partial charge in [0.1, 0.15) is 10.4 Å². The van der Waals surface area contributed by atoms with Gasteiger partial charge in [0.05, 0.1) is 20.4 Å². The molecule has 5 unspecified atom stereocenters. The second kappa shape index (κ2) is 7.80. The Morgan fingerprint density at radius 3 is 1.86 bits per heavy atom. The maximum Gasteiger partial charge on any atom is 0.353 e. The topological polar surface area (TPSA) is 86.3 Å². The van der Waals surface area contributed by atoms with Gasteiger partial charge in [0, 0.05) is 4.92 Å². The van der Waals surface area contributed by atoms with E-state index in [1.165, 1.54) is 0 Å². The third-order valence-corrected chi connectivity index (χ3v) is 10.6. The molecule has 0 saturated heterocycles. The van der Waals surface area contributed by atoms with Crippen LogP contribution in [-0.2, 0) is 0 Å². The first kappa shape index (κ1) is 25.2. The third kappa shape index (κ3) is 2.98.